The van der Waals surface area contributed by atoms with E-state index in [2.05, 4.69) is 5.32 Å². The number of aliphatic hydroxyl groups excluding tert-OH is 3. The number of carbonyl (C=O) groups excluding carboxylic acids is 5. The molecule has 14 heteroatoms. The van der Waals surface area contributed by atoms with E-state index in [-0.39, 0.29) is 41.6 Å². The maximum absolute atomic E-state index is 14.9. The Hall–Kier alpha value is -3.69. The van der Waals surface area contributed by atoms with Gasteiger partial charge in [-0.2, -0.15) is 0 Å². The number of nitrogens with one attached hydrogen (secondary N) is 1. The lowest BCUT2D eigenvalue weighted by atomic mass is 9.44. The van der Waals surface area contributed by atoms with Crippen LogP contribution in [-0.4, -0.2) is 110 Å². The van der Waals surface area contributed by atoms with Crippen molar-refractivity contribution >= 4 is 29.6 Å². The summed E-state index contributed by atoms with van der Waals surface area (Å²) >= 11 is 0. The number of ketones is 1. The quantitative estimate of drug-likeness (QED) is 0.146. The third-order valence-electron chi connectivity index (χ3n) is 12.9. The number of ether oxygens (including phenoxy) is 4. The highest BCUT2D eigenvalue weighted by Crippen LogP contribution is 2.64. The van der Waals surface area contributed by atoms with Gasteiger partial charge >= 0.3 is 17.9 Å². The Morgan fingerprint density at radius 3 is 2.19 bits per heavy atom. The van der Waals surface area contributed by atoms with Gasteiger partial charge < -0.3 is 44.7 Å². The zero-order valence-electron chi connectivity index (χ0n) is 32.1. The Bertz CT molecular complexity index is 1750. The largest absolute Gasteiger partial charge is 0.456 e. The summed E-state index contributed by atoms with van der Waals surface area (Å²) in [5.74, 6) is -5.65. The Morgan fingerprint density at radius 1 is 1.02 bits per heavy atom. The molecule has 1 amide bonds. The molecule has 1 heterocycles. The van der Waals surface area contributed by atoms with Crippen LogP contribution in [-0.2, 0) is 38.1 Å². The zero-order valence-corrected chi connectivity index (χ0v) is 32.1. The van der Waals surface area contributed by atoms with Gasteiger partial charge in [-0.25, -0.2) is 9.59 Å². The number of hydrogen-bond donors (Lipinski definition) is 5. The first-order valence-electron chi connectivity index (χ1n) is 18.6. The second kappa shape index (κ2) is 13.5. The summed E-state index contributed by atoms with van der Waals surface area (Å²) in [7, 11) is 0. The van der Waals surface area contributed by atoms with Crippen molar-refractivity contribution in [3.05, 3.63) is 47.0 Å². The molecule has 11 atom stereocenters. The molecular formula is C40H53NO13. The monoisotopic (exact) mass is 755 g/mol. The lowest BCUT2D eigenvalue weighted by molar-refractivity contribution is -0.346. The van der Waals surface area contributed by atoms with Crippen LogP contribution < -0.4 is 5.32 Å². The lowest BCUT2D eigenvalue weighted by Crippen LogP contribution is -2.81. The number of benzene rings is 1. The molecule has 5 N–H and O–H groups in total. The molecule has 54 heavy (non-hydrogen) atoms. The average molecular weight is 756 g/mol. The molecule has 4 aliphatic carbocycles. The molecule has 1 aromatic carbocycles. The van der Waals surface area contributed by atoms with Gasteiger partial charge in [0, 0.05) is 31.1 Å². The third kappa shape index (κ3) is 6.18. The molecule has 1 unspecified atom stereocenters. The minimum Gasteiger partial charge on any atom is -0.456 e. The lowest BCUT2D eigenvalue weighted by Gasteiger charge is -2.67. The van der Waals surface area contributed by atoms with Crippen molar-refractivity contribution < 1.29 is 63.3 Å². The first-order valence-corrected chi connectivity index (χ1v) is 18.6. The van der Waals surface area contributed by atoms with Gasteiger partial charge in [0.25, 0.3) is 0 Å². The van der Waals surface area contributed by atoms with Gasteiger partial charge in [0.15, 0.2) is 17.5 Å². The van der Waals surface area contributed by atoms with E-state index in [0.717, 1.165) is 0 Å². The van der Waals surface area contributed by atoms with Crippen LogP contribution in [0.4, 0.5) is 0 Å². The molecule has 3 saturated carbocycles. The molecule has 1 aliphatic heterocycles. The fourth-order valence-electron chi connectivity index (χ4n) is 9.51. The van der Waals surface area contributed by atoms with Crippen LogP contribution in [0, 0.1) is 28.1 Å². The number of rotatable bonds is 8. The number of Topliss-reactive ketones (excluding diaryl/α,β-unsaturated/α-hetero) is 1. The van der Waals surface area contributed by atoms with Crippen molar-refractivity contribution in [2.75, 3.05) is 6.61 Å². The summed E-state index contributed by atoms with van der Waals surface area (Å²) in [4.78, 5) is 68.4. The first-order chi connectivity index (χ1) is 25.0. The number of carbonyl (C=O) groups is 5. The van der Waals surface area contributed by atoms with E-state index in [1.54, 1.807) is 52.8 Å². The van der Waals surface area contributed by atoms with Gasteiger partial charge in [-0.1, -0.05) is 52.8 Å². The van der Waals surface area contributed by atoms with E-state index < -0.39 is 106 Å². The van der Waals surface area contributed by atoms with Crippen molar-refractivity contribution in [3.63, 3.8) is 0 Å². The summed E-state index contributed by atoms with van der Waals surface area (Å²) in [5.41, 5.74) is -8.09. The topological polar surface area (TPSA) is 215 Å². The molecule has 5 aliphatic rings. The molecule has 1 aromatic rings. The number of amides is 1. The molecule has 6 rings (SSSR count). The molecule has 2 bridgehead atoms. The minimum absolute atomic E-state index is 0.0240. The van der Waals surface area contributed by atoms with Gasteiger partial charge in [-0.15, -0.1) is 0 Å². The second-order valence-electron chi connectivity index (χ2n) is 17.7. The fraction of sp³-hybridized carbons (Fsp3) is 0.675. The van der Waals surface area contributed by atoms with E-state index in [4.69, 9.17) is 18.9 Å². The highest BCUT2D eigenvalue weighted by atomic mass is 16.6. The summed E-state index contributed by atoms with van der Waals surface area (Å²) < 4.78 is 24.1. The van der Waals surface area contributed by atoms with Gasteiger partial charge in [-0.3, -0.25) is 14.4 Å². The molecule has 0 aromatic heterocycles. The Kier molecular flexibility index (Phi) is 10.0. The van der Waals surface area contributed by atoms with Crippen molar-refractivity contribution in [1.29, 1.82) is 0 Å². The van der Waals surface area contributed by atoms with Crippen molar-refractivity contribution in [3.8, 4) is 0 Å². The van der Waals surface area contributed by atoms with Crippen LogP contribution in [0.25, 0.3) is 0 Å². The maximum Gasteiger partial charge on any atom is 0.338 e. The van der Waals surface area contributed by atoms with E-state index >= 15 is 0 Å². The van der Waals surface area contributed by atoms with E-state index in [9.17, 15) is 44.4 Å². The minimum atomic E-state index is -2.30. The Morgan fingerprint density at radius 2 is 1.65 bits per heavy atom. The predicted octanol–water partition coefficient (Wildman–Crippen LogP) is 1.93. The van der Waals surface area contributed by atoms with Crippen LogP contribution in [0.2, 0.25) is 0 Å². The summed E-state index contributed by atoms with van der Waals surface area (Å²) in [6.07, 6.45) is -8.68. The van der Waals surface area contributed by atoms with Crippen molar-refractivity contribution in [2.45, 2.75) is 135 Å². The van der Waals surface area contributed by atoms with Crippen LogP contribution in [0.1, 0.15) is 91.4 Å². The second-order valence-corrected chi connectivity index (χ2v) is 17.7. The average Bonchev–Trinajstić information content (AvgIpc) is 3.94. The van der Waals surface area contributed by atoms with E-state index in [1.807, 2.05) is 0 Å². The molecule has 4 fully saturated rings. The van der Waals surface area contributed by atoms with Crippen LogP contribution >= 0.6 is 0 Å². The molecule has 1 saturated heterocycles. The predicted molar refractivity (Wildman–Crippen MR) is 189 cm³/mol. The molecule has 296 valence electrons. The van der Waals surface area contributed by atoms with E-state index in [1.165, 1.54) is 32.9 Å². The Balaban J connectivity index is 1.50. The third-order valence-corrected chi connectivity index (χ3v) is 12.9. The summed E-state index contributed by atoms with van der Waals surface area (Å²) in [5, 5.41) is 51.5. The van der Waals surface area contributed by atoms with E-state index in [0.29, 0.717) is 12.8 Å². The molecular weight excluding hydrogens is 702 g/mol. The number of esters is 3. The molecule has 0 spiro atoms. The standard InChI is InChI=1S/C40H53NO13/c1-19-23(52-35(49)28(45)30(36(3,4)5)41-33(47)21-14-15-21)17-40(50)32(53-34(48)22-12-10-9-11-13-22)29-38(8,31(46)27(44)26(19)37(40,6)7)24(43)16-25-39(29,18-51-25)54-20(2)42/h9-13,21,23-25,27-30,32,43-45,50H,14-18H2,1-8H3,(H,41,47)/t23-,24-,25?,27+,28+,29-,30+,32-,38+,39-,40+/m0/s1. The van der Waals surface area contributed by atoms with Crippen LogP contribution in [0.3, 0.4) is 0 Å². The van der Waals surface area contributed by atoms with Gasteiger partial charge in [0.1, 0.15) is 30.0 Å². The van der Waals surface area contributed by atoms with Crippen LogP contribution in [0.5, 0.6) is 0 Å². The van der Waals surface area contributed by atoms with Gasteiger partial charge in [-0.05, 0) is 55.4 Å². The highest BCUT2D eigenvalue weighted by Gasteiger charge is 2.78. The smallest absolute Gasteiger partial charge is 0.338 e. The number of hydrogen-bond acceptors (Lipinski definition) is 13. The first kappa shape index (κ1) is 40.0. The normalized spacial score (nSPS) is 36.9. The molecule has 14 nitrogen and oxygen atoms in total. The van der Waals surface area contributed by atoms with Gasteiger partial charge in [0.2, 0.25) is 5.91 Å². The maximum atomic E-state index is 14.9. The van der Waals surface area contributed by atoms with Crippen LogP contribution in [0.15, 0.2) is 41.5 Å². The fourth-order valence-corrected chi connectivity index (χ4v) is 9.51. The zero-order chi connectivity index (χ0) is 39.9. The van der Waals surface area contributed by atoms with Crippen molar-refractivity contribution in [2.24, 2.45) is 28.1 Å². The number of fused-ring (bicyclic) bond motifs is 5. The van der Waals surface area contributed by atoms with Gasteiger partial charge in [0.05, 0.1) is 35.6 Å². The summed E-state index contributed by atoms with van der Waals surface area (Å²) in [6.45, 7) is 12.2. The Labute approximate surface area is 314 Å². The number of aliphatic hydroxyl groups is 4. The highest BCUT2D eigenvalue weighted by molar-refractivity contribution is 5.94. The summed E-state index contributed by atoms with van der Waals surface area (Å²) in [6, 6.07) is 6.85. The SMILES string of the molecule is CC(=O)O[C@@]12COC1C[C@H](O)[C@@]1(C)C(=O)[C@H](O)C3=C(C)[C@@H](OC(=O)[C@H](O)[C@@H](NC(=O)C4CC4)C(C)(C)C)C[C@@](O)([C@@H](OC(=O)c4ccccc4)[C@@H]12)C3(C)C. The molecule has 0 radical (unpaired) electrons. The van der Waals surface area contributed by atoms with Crippen molar-refractivity contribution in [1.82, 2.24) is 5.32 Å².